The standard InChI is InChI=1S/C13H15NO3S2/c1-9(17-2)13-14-12(8-18-13)10-5-4-6-11(7-10)19(3,15)16/h4-9H,1-3H3/t9-/m0/s1. The van der Waals surface area contributed by atoms with E-state index in [0.29, 0.717) is 4.90 Å². The summed E-state index contributed by atoms with van der Waals surface area (Å²) >= 11 is 1.50. The maximum absolute atomic E-state index is 11.5. The Labute approximate surface area is 117 Å². The van der Waals surface area contributed by atoms with E-state index in [4.69, 9.17) is 4.74 Å². The highest BCUT2D eigenvalue weighted by Gasteiger charge is 2.12. The van der Waals surface area contributed by atoms with Crippen LogP contribution in [0.4, 0.5) is 0 Å². The van der Waals surface area contributed by atoms with Gasteiger partial charge in [0.15, 0.2) is 9.84 Å². The highest BCUT2D eigenvalue weighted by atomic mass is 32.2. The molecule has 1 heterocycles. The molecule has 0 bridgehead atoms. The van der Waals surface area contributed by atoms with Crippen LogP contribution in [0, 0.1) is 0 Å². The number of rotatable bonds is 4. The Morgan fingerprint density at radius 1 is 1.37 bits per heavy atom. The molecule has 0 aliphatic rings. The highest BCUT2D eigenvalue weighted by Crippen LogP contribution is 2.27. The molecule has 0 aliphatic carbocycles. The Kier molecular flexibility index (Phi) is 4.03. The summed E-state index contributed by atoms with van der Waals surface area (Å²) in [5.74, 6) is 0. The summed E-state index contributed by atoms with van der Waals surface area (Å²) in [7, 11) is -1.56. The van der Waals surface area contributed by atoms with Crippen LogP contribution in [-0.4, -0.2) is 26.8 Å². The van der Waals surface area contributed by atoms with Gasteiger partial charge in [-0.25, -0.2) is 13.4 Å². The van der Waals surface area contributed by atoms with Crippen LogP contribution in [0.2, 0.25) is 0 Å². The van der Waals surface area contributed by atoms with Crippen LogP contribution in [0.5, 0.6) is 0 Å². The first-order valence-electron chi connectivity index (χ1n) is 5.70. The van der Waals surface area contributed by atoms with Crippen LogP contribution >= 0.6 is 11.3 Å². The summed E-state index contributed by atoms with van der Waals surface area (Å²) in [5.41, 5.74) is 1.57. The predicted octanol–water partition coefficient (Wildman–Crippen LogP) is 2.92. The van der Waals surface area contributed by atoms with E-state index in [0.717, 1.165) is 16.3 Å². The number of aromatic nitrogens is 1. The molecular weight excluding hydrogens is 282 g/mol. The zero-order chi connectivity index (χ0) is 14.0. The van der Waals surface area contributed by atoms with Crippen LogP contribution in [-0.2, 0) is 14.6 Å². The zero-order valence-electron chi connectivity index (χ0n) is 11.0. The number of hydrogen-bond donors (Lipinski definition) is 0. The lowest BCUT2D eigenvalue weighted by molar-refractivity contribution is 0.119. The summed E-state index contributed by atoms with van der Waals surface area (Å²) in [6.07, 6.45) is 1.14. The lowest BCUT2D eigenvalue weighted by Gasteiger charge is -2.04. The van der Waals surface area contributed by atoms with Crippen molar-refractivity contribution >= 4 is 21.2 Å². The largest absolute Gasteiger partial charge is 0.375 e. The van der Waals surface area contributed by atoms with Crippen molar-refractivity contribution in [1.29, 1.82) is 0 Å². The molecule has 1 aromatic heterocycles. The van der Waals surface area contributed by atoms with Crippen molar-refractivity contribution in [1.82, 2.24) is 4.98 Å². The third-order valence-corrected chi connectivity index (χ3v) is 4.90. The van der Waals surface area contributed by atoms with E-state index in [-0.39, 0.29) is 6.10 Å². The van der Waals surface area contributed by atoms with Gasteiger partial charge in [0.05, 0.1) is 10.6 Å². The normalized spacial score (nSPS) is 13.4. The van der Waals surface area contributed by atoms with Crippen molar-refractivity contribution in [2.45, 2.75) is 17.9 Å². The van der Waals surface area contributed by atoms with Crippen LogP contribution in [0.25, 0.3) is 11.3 Å². The minimum atomic E-state index is -3.20. The minimum Gasteiger partial charge on any atom is -0.375 e. The van der Waals surface area contributed by atoms with Crippen molar-refractivity contribution in [2.75, 3.05) is 13.4 Å². The van der Waals surface area contributed by atoms with Crippen LogP contribution < -0.4 is 0 Å². The second-order valence-electron chi connectivity index (χ2n) is 4.25. The van der Waals surface area contributed by atoms with Gasteiger partial charge < -0.3 is 4.74 Å². The van der Waals surface area contributed by atoms with E-state index in [9.17, 15) is 8.42 Å². The molecule has 6 heteroatoms. The average Bonchev–Trinajstić information content (AvgIpc) is 2.86. The third kappa shape index (κ3) is 3.20. The van der Waals surface area contributed by atoms with Gasteiger partial charge in [0.2, 0.25) is 0 Å². The fraction of sp³-hybridized carbons (Fsp3) is 0.308. The van der Waals surface area contributed by atoms with E-state index in [1.807, 2.05) is 18.4 Å². The van der Waals surface area contributed by atoms with Gasteiger partial charge in [-0.05, 0) is 19.1 Å². The molecule has 0 saturated carbocycles. The van der Waals surface area contributed by atoms with Gasteiger partial charge in [0, 0.05) is 24.3 Å². The molecular formula is C13H15NO3S2. The van der Waals surface area contributed by atoms with Gasteiger partial charge in [-0.1, -0.05) is 12.1 Å². The molecule has 102 valence electrons. The molecule has 0 amide bonds. The van der Waals surface area contributed by atoms with Gasteiger partial charge in [-0.15, -0.1) is 11.3 Å². The van der Waals surface area contributed by atoms with Crippen molar-refractivity contribution < 1.29 is 13.2 Å². The number of sulfone groups is 1. The molecule has 2 rings (SSSR count). The van der Waals surface area contributed by atoms with Crippen LogP contribution in [0.15, 0.2) is 34.5 Å². The second kappa shape index (κ2) is 5.40. The Bertz CT molecular complexity index is 677. The first-order valence-corrected chi connectivity index (χ1v) is 8.47. The Morgan fingerprint density at radius 3 is 2.74 bits per heavy atom. The predicted molar refractivity (Wildman–Crippen MR) is 76.1 cm³/mol. The molecule has 0 N–H and O–H groups in total. The summed E-state index contributed by atoms with van der Waals surface area (Å²) < 4.78 is 28.3. The molecule has 0 saturated heterocycles. The van der Waals surface area contributed by atoms with Gasteiger partial charge in [0.1, 0.15) is 11.1 Å². The SMILES string of the molecule is CO[C@@H](C)c1nc(-c2cccc(S(C)(=O)=O)c2)cs1. The molecule has 1 aromatic carbocycles. The maximum atomic E-state index is 11.5. The second-order valence-corrected chi connectivity index (χ2v) is 7.15. The molecule has 2 aromatic rings. The van der Waals surface area contributed by atoms with E-state index in [1.165, 1.54) is 17.6 Å². The topological polar surface area (TPSA) is 56.3 Å². The lowest BCUT2D eigenvalue weighted by Crippen LogP contribution is -1.97. The molecule has 19 heavy (non-hydrogen) atoms. The zero-order valence-corrected chi connectivity index (χ0v) is 12.6. The smallest absolute Gasteiger partial charge is 0.175 e. The van der Waals surface area contributed by atoms with Gasteiger partial charge in [0.25, 0.3) is 0 Å². The number of benzene rings is 1. The van der Waals surface area contributed by atoms with Crippen molar-refractivity contribution in [3.05, 3.63) is 34.7 Å². The maximum Gasteiger partial charge on any atom is 0.175 e. The monoisotopic (exact) mass is 297 g/mol. The van der Waals surface area contributed by atoms with Gasteiger partial charge in [-0.3, -0.25) is 0 Å². The summed E-state index contributed by atoms with van der Waals surface area (Å²) in [6.45, 7) is 1.93. The number of thiazole rings is 1. The van der Waals surface area contributed by atoms with E-state index < -0.39 is 9.84 Å². The first kappa shape index (κ1) is 14.2. The molecule has 4 nitrogen and oxygen atoms in total. The summed E-state index contributed by atoms with van der Waals surface area (Å²) in [4.78, 5) is 4.78. The number of nitrogens with zero attached hydrogens (tertiary/aromatic N) is 1. The van der Waals surface area contributed by atoms with E-state index in [1.54, 1.807) is 25.3 Å². The molecule has 0 spiro atoms. The van der Waals surface area contributed by atoms with Crippen molar-refractivity contribution in [2.24, 2.45) is 0 Å². The fourth-order valence-electron chi connectivity index (χ4n) is 1.59. The Hall–Kier alpha value is -1.24. The molecule has 0 fully saturated rings. The summed E-state index contributed by atoms with van der Waals surface area (Å²) in [5, 5.41) is 2.79. The third-order valence-electron chi connectivity index (χ3n) is 2.78. The fourth-order valence-corrected chi connectivity index (χ4v) is 3.12. The van der Waals surface area contributed by atoms with Crippen molar-refractivity contribution in [3.8, 4) is 11.3 Å². The van der Waals surface area contributed by atoms with Gasteiger partial charge >= 0.3 is 0 Å². The van der Waals surface area contributed by atoms with E-state index in [2.05, 4.69) is 4.98 Å². The Morgan fingerprint density at radius 2 is 2.11 bits per heavy atom. The molecule has 0 radical (unpaired) electrons. The number of methoxy groups -OCH3 is 1. The first-order chi connectivity index (χ1) is 8.91. The number of ether oxygens (including phenoxy) is 1. The number of hydrogen-bond acceptors (Lipinski definition) is 5. The van der Waals surface area contributed by atoms with Crippen LogP contribution in [0.3, 0.4) is 0 Å². The molecule has 0 aliphatic heterocycles. The van der Waals surface area contributed by atoms with Crippen molar-refractivity contribution in [3.63, 3.8) is 0 Å². The Balaban J connectivity index is 2.40. The van der Waals surface area contributed by atoms with Gasteiger partial charge in [-0.2, -0.15) is 0 Å². The average molecular weight is 297 g/mol. The van der Waals surface area contributed by atoms with E-state index >= 15 is 0 Å². The molecule has 0 unspecified atom stereocenters. The summed E-state index contributed by atoms with van der Waals surface area (Å²) in [6, 6.07) is 6.81. The lowest BCUT2D eigenvalue weighted by atomic mass is 10.2. The molecule has 1 atom stereocenters. The minimum absolute atomic E-state index is 0.0585. The van der Waals surface area contributed by atoms with Crippen LogP contribution in [0.1, 0.15) is 18.0 Å². The quantitative estimate of drug-likeness (QED) is 0.870. The highest BCUT2D eigenvalue weighted by molar-refractivity contribution is 7.90.